The average Bonchev–Trinajstić information content (AvgIpc) is 3.22. The number of likely N-dealkylation sites (tertiary alicyclic amines) is 1. The van der Waals surface area contributed by atoms with Crippen LogP contribution in [0.1, 0.15) is 40.0 Å². The number of aliphatic carboxylic acids is 1. The maximum atomic E-state index is 12.4. The number of rotatable bonds is 4. The van der Waals surface area contributed by atoms with Gasteiger partial charge in [0, 0.05) is 25.8 Å². The smallest absolute Gasteiger partial charge is 0.311 e. The summed E-state index contributed by atoms with van der Waals surface area (Å²) in [5.41, 5.74) is 0.338. The predicted octanol–water partition coefficient (Wildman–Crippen LogP) is 1.46. The molecule has 2 atom stereocenters. The van der Waals surface area contributed by atoms with Crippen LogP contribution < -0.4 is 5.32 Å². The Kier molecular flexibility index (Phi) is 5.20. The van der Waals surface area contributed by atoms with Gasteiger partial charge in [-0.15, -0.1) is 12.4 Å². The van der Waals surface area contributed by atoms with Crippen LogP contribution in [0.25, 0.3) is 0 Å². The first kappa shape index (κ1) is 20.3. The molecule has 3 aliphatic rings. The molecule has 150 valence electrons. The average molecular weight is 408 g/mol. The highest BCUT2D eigenvalue weighted by atomic mass is 35.5. The molecule has 0 radical (unpaired) electrons. The number of halogens is 1. The minimum Gasteiger partial charge on any atom is -0.481 e. The quantitative estimate of drug-likeness (QED) is 0.732. The summed E-state index contributed by atoms with van der Waals surface area (Å²) in [6, 6.07) is 4.64. The molecule has 1 aliphatic carbocycles. The second-order valence-electron chi connectivity index (χ2n) is 7.70. The maximum absolute atomic E-state index is 12.4. The summed E-state index contributed by atoms with van der Waals surface area (Å²) in [4.78, 5) is 51.1. The number of nitrogens with zero attached hydrogens (tertiary/aromatic N) is 2. The minimum absolute atomic E-state index is 0. The highest BCUT2D eigenvalue weighted by molar-refractivity contribution is 6.21. The van der Waals surface area contributed by atoms with Gasteiger partial charge in [0.1, 0.15) is 0 Å². The van der Waals surface area contributed by atoms with E-state index in [1.165, 1.54) is 19.2 Å². The van der Waals surface area contributed by atoms with Crippen molar-refractivity contribution in [2.24, 2.45) is 11.3 Å². The Morgan fingerprint density at radius 1 is 1.25 bits per heavy atom. The van der Waals surface area contributed by atoms with Crippen LogP contribution >= 0.6 is 12.4 Å². The number of carbonyl (C=O) groups is 4. The molecule has 28 heavy (non-hydrogen) atoms. The van der Waals surface area contributed by atoms with Gasteiger partial charge in [0.2, 0.25) is 5.91 Å². The van der Waals surface area contributed by atoms with Gasteiger partial charge in [-0.1, -0.05) is 6.42 Å². The fraction of sp³-hybridized carbons (Fsp3) is 0.474. The van der Waals surface area contributed by atoms with E-state index in [9.17, 15) is 24.3 Å². The largest absolute Gasteiger partial charge is 0.481 e. The molecule has 8 nitrogen and oxygen atoms in total. The lowest BCUT2D eigenvalue weighted by Crippen LogP contribution is -2.37. The first-order valence-corrected chi connectivity index (χ1v) is 9.04. The standard InChI is InChI=1S/C19H21N3O5.ClH/c1-21-16(24)13-5-4-12(7-14(13)17(21)25)20-15(23)9-22-8-11-3-2-6-19(11,10-22)18(26)27;/h4-5,7,11H,2-3,6,8-10H2,1H3,(H,20,23)(H,26,27);1H/t11-,19+;/m0./s1. The topological polar surface area (TPSA) is 107 Å². The molecule has 4 rings (SSSR count). The minimum atomic E-state index is -0.765. The van der Waals surface area contributed by atoms with Crippen LogP contribution in [0.15, 0.2) is 18.2 Å². The Balaban J connectivity index is 0.00000225. The van der Waals surface area contributed by atoms with Crippen LogP contribution in [-0.2, 0) is 9.59 Å². The number of benzene rings is 1. The zero-order valence-corrected chi connectivity index (χ0v) is 16.3. The third-order valence-electron chi connectivity index (χ3n) is 6.11. The first-order chi connectivity index (χ1) is 12.8. The van der Waals surface area contributed by atoms with Crippen molar-refractivity contribution in [2.75, 3.05) is 32.0 Å². The molecule has 3 amide bonds. The molecule has 0 aromatic heterocycles. The van der Waals surface area contributed by atoms with Gasteiger partial charge in [0.15, 0.2) is 0 Å². The third-order valence-corrected chi connectivity index (χ3v) is 6.11. The van der Waals surface area contributed by atoms with Crippen LogP contribution in [0.4, 0.5) is 5.69 Å². The molecular formula is C19H22ClN3O5. The van der Waals surface area contributed by atoms with Crippen molar-refractivity contribution >= 4 is 41.8 Å². The highest BCUT2D eigenvalue weighted by Crippen LogP contribution is 2.48. The van der Waals surface area contributed by atoms with E-state index < -0.39 is 11.4 Å². The molecule has 2 fully saturated rings. The molecule has 2 N–H and O–H groups in total. The summed E-state index contributed by atoms with van der Waals surface area (Å²) in [5.74, 6) is -1.67. The van der Waals surface area contributed by atoms with E-state index in [2.05, 4.69) is 5.32 Å². The van der Waals surface area contributed by atoms with E-state index in [4.69, 9.17) is 0 Å². The number of carbonyl (C=O) groups excluding carboxylic acids is 3. The Labute approximate surface area is 168 Å². The number of carboxylic acids is 1. The summed E-state index contributed by atoms with van der Waals surface area (Å²) in [6.07, 6.45) is 2.48. The van der Waals surface area contributed by atoms with Crippen LogP contribution in [0.5, 0.6) is 0 Å². The molecule has 0 bridgehead atoms. The number of amides is 3. The number of imide groups is 1. The van der Waals surface area contributed by atoms with Gasteiger partial charge in [-0.05, 0) is 37.0 Å². The third kappa shape index (κ3) is 3.06. The summed E-state index contributed by atoms with van der Waals surface area (Å²) in [5, 5.41) is 12.4. The van der Waals surface area contributed by atoms with Crippen LogP contribution in [-0.4, -0.2) is 65.3 Å². The van der Waals surface area contributed by atoms with Crippen molar-refractivity contribution in [1.29, 1.82) is 0 Å². The summed E-state index contributed by atoms with van der Waals surface area (Å²) >= 11 is 0. The van der Waals surface area contributed by atoms with Crippen molar-refractivity contribution in [3.63, 3.8) is 0 Å². The molecule has 1 saturated carbocycles. The molecule has 1 saturated heterocycles. The molecule has 0 unspecified atom stereocenters. The highest BCUT2D eigenvalue weighted by Gasteiger charge is 2.54. The number of carboxylic acid groups (broad SMARTS) is 1. The molecule has 1 aromatic carbocycles. The number of fused-ring (bicyclic) bond motifs is 2. The van der Waals surface area contributed by atoms with Gasteiger partial charge in [-0.3, -0.25) is 29.0 Å². The van der Waals surface area contributed by atoms with E-state index in [1.807, 2.05) is 4.90 Å². The fourth-order valence-electron chi connectivity index (χ4n) is 4.71. The summed E-state index contributed by atoms with van der Waals surface area (Å²) in [6.45, 7) is 1.11. The van der Waals surface area contributed by atoms with E-state index in [-0.39, 0.29) is 48.2 Å². The fourth-order valence-corrected chi connectivity index (χ4v) is 4.71. The molecule has 2 heterocycles. The molecular weight excluding hydrogens is 386 g/mol. The zero-order chi connectivity index (χ0) is 19.3. The van der Waals surface area contributed by atoms with Crippen LogP contribution in [0.2, 0.25) is 0 Å². The number of hydrogen-bond donors (Lipinski definition) is 2. The first-order valence-electron chi connectivity index (χ1n) is 9.04. The van der Waals surface area contributed by atoms with Crippen molar-refractivity contribution in [3.05, 3.63) is 29.3 Å². The zero-order valence-electron chi connectivity index (χ0n) is 15.4. The van der Waals surface area contributed by atoms with Crippen molar-refractivity contribution in [1.82, 2.24) is 9.80 Å². The van der Waals surface area contributed by atoms with E-state index >= 15 is 0 Å². The van der Waals surface area contributed by atoms with Gasteiger partial charge >= 0.3 is 5.97 Å². The molecule has 1 aromatic rings. The number of anilines is 1. The van der Waals surface area contributed by atoms with Gasteiger partial charge in [-0.25, -0.2) is 0 Å². The van der Waals surface area contributed by atoms with Gasteiger partial charge in [-0.2, -0.15) is 0 Å². The summed E-state index contributed by atoms with van der Waals surface area (Å²) in [7, 11) is 1.42. The van der Waals surface area contributed by atoms with E-state index in [0.29, 0.717) is 30.8 Å². The van der Waals surface area contributed by atoms with Crippen molar-refractivity contribution in [3.8, 4) is 0 Å². The van der Waals surface area contributed by atoms with Gasteiger partial charge in [0.05, 0.1) is 23.1 Å². The van der Waals surface area contributed by atoms with Gasteiger partial charge in [0.25, 0.3) is 11.8 Å². The molecule has 0 spiro atoms. The predicted molar refractivity (Wildman–Crippen MR) is 103 cm³/mol. The monoisotopic (exact) mass is 407 g/mol. The van der Waals surface area contributed by atoms with E-state index in [0.717, 1.165) is 17.7 Å². The lowest BCUT2D eigenvalue weighted by atomic mass is 9.81. The maximum Gasteiger partial charge on any atom is 0.311 e. The Morgan fingerprint density at radius 3 is 2.64 bits per heavy atom. The van der Waals surface area contributed by atoms with Gasteiger partial charge < -0.3 is 10.4 Å². The molecule has 9 heteroatoms. The molecule has 2 aliphatic heterocycles. The Hall–Kier alpha value is -2.45. The number of hydrogen-bond acceptors (Lipinski definition) is 5. The summed E-state index contributed by atoms with van der Waals surface area (Å²) < 4.78 is 0. The normalized spacial score (nSPS) is 26.0. The van der Waals surface area contributed by atoms with Crippen molar-refractivity contribution in [2.45, 2.75) is 19.3 Å². The second kappa shape index (κ2) is 7.18. The van der Waals surface area contributed by atoms with Crippen LogP contribution in [0, 0.1) is 11.3 Å². The van der Waals surface area contributed by atoms with Crippen LogP contribution in [0.3, 0.4) is 0 Å². The van der Waals surface area contributed by atoms with E-state index in [1.54, 1.807) is 6.07 Å². The lowest BCUT2D eigenvalue weighted by Gasteiger charge is -2.23. The number of nitrogens with one attached hydrogen (secondary N) is 1. The Bertz CT molecular complexity index is 873. The Morgan fingerprint density at radius 2 is 1.96 bits per heavy atom. The van der Waals surface area contributed by atoms with Crippen molar-refractivity contribution < 1.29 is 24.3 Å². The lowest BCUT2D eigenvalue weighted by molar-refractivity contribution is -0.149. The SMILES string of the molecule is CN1C(=O)c2ccc(NC(=O)CN3C[C@@H]4CCC[C@@]4(C(=O)O)C3)cc2C1=O.Cl. The second-order valence-corrected chi connectivity index (χ2v) is 7.70.